The van der Waals surface area contributed by atoms with Crippen LogP contribution in [0.2, 0.25) is 0 Å². The predicted molar refractivity (Wildman–Crippen MR) is 73.6 cm³/mol. The van der Waals surface area contributed by atoms with E-state index in [0.29, 0.717) is 0 Å². The van der Waals surface area contributed by atoms with Crippen LogP contribution in [-0.4, -0.2) is 39.5 Å². The van der Waals surface area contributed by atoms with Gasteiger partial charge in [0.1, 0.15) is 12.1 Å². The number of aliphatic carboxylic acids is 1. The number of halogens is 1. The Morgan fingerprint density at radius 2 is 2.10 bits per heavy atom. The topological polar surface area (TPSA) is 66.8 Å². The summed E-state index contributed by atoms with van der Waals surface area (Å²) in [6, 6.07) is 9.21. The maximum atomic E-state index is 12.1. The van der Waals surface area contributed by atoms with Gasteiger partial charge in [0.05, 0.1) is 5.38 Å². The Morgan fingerprint density at radius 1 is 1.45 bits per heavy atom. The summed E-state index contributed by atoms with van der Waals surface area (Å²) in [6.45, 7) is 1.78. The Kier molecular flexibility index (Phi) is 4.18. The lowest BCUT2D eigenvalue weighted by Crippen LogP contribution is -2.50. The predicted octanol–water partition coefficient (Wildman–Crippen LogP) is 2.48. The molecule has 2 rings (SSSR count). The number of rotatable bonds is 3. The molecule has 0 spiro atoms. The Morgan fingerprint density at radius 3 is 2.70 bits per heavy atom. The molecule has 0 radical (unpaired) electrons. The Bertz CT molecular complexity index is 507. The molecule has 1 saturated heterocycles. The van der Waals surface area contributed by atoms with Crippen molar-refractivity contribution < 1.29 is 19.4 Å². The Balaban J connectivity index is 2.03. The molecular formula is C14H16ClNO4. The SMILES string of the molecule is C[C@]1(C(=O)O)C[C@@H](Cl)CN1C(=O)OCc1ccccc1. The van der Waals surface area contributed by atoms with E-state index in [2.05, 4.69) is 0 Å². The van der Waals surface area contributed by atoms with E-state index in [9.17, 15) is 14.7 Å². The molecule has 1 fully saturated rings. The number of carbonyl (C=O) groups is 2. The zero-order valence-corrected chi connectivity index (χ0v) is 11.8. The molecule has 6 heteroatoms. The number of nitrogens with zero attached hydrogens (tertiary/aromatic N) is 1. The van der Waals surface area contributed by atoms with Crippen LogP contribution in [0.25, 0.3) is 0 Å². The van der Waals surface area contributed by atoms with Crippen LogP contribution in [0.3, 0.4) is 0 Å². The zero-order chi connectivity index (χ0) is 14.8. The second-order valence-electron chi connectivity index (χ2n) is 5.03. The van der Waals surface area contributed by atoms with Gasteiger partial charge in [-0.1, -0.05) is 30.3 Å². The van der Waals surface area contributed by atoms with Gasteiger partial charge in [-0.05, 0) is 18.9 Å². The number of hydrogen-bond donors (Lipinski definition) is 1. The van der Waals surface area contributed by atoms with Crippen molar-refractivity contribution in [1.29, 1.82) is 0 Å². The quantitative estimate of drug-likeness (QED) is 0.870. The van der Waals surface area contributed by atoms with E-state index >= 15 is 0 Å². The second kappa shape index (κ2) is 5.71. The summed E-state index contributed by atoms with van der Waals surface area (Å²) in [5.74, 6) is -1.07. The first-order valence-electron chi connectivity index (χ1n) is 6.29. The van der Waals surface area contributed by atoms with Crippen LogP contribution < -0.4 is 0 Å². The number of carbonyl (C=O) groups excluding carboxylic acids is 1. The number of amides is 1. The first-order valence-corrected chi connectivity index (χ1v) is 6.73. The normalized spacial score (nSPS) is 25.5. The summed E-state index contributed by atoms with van der Waals surface area (Å²) in [5.41, 5.74) is -0.459. The van der Waals surface area contributed by atoms with Crippen molar-refractivity contribution >= 4 is 23.7 Å². The van der Waals surface area contributed by atoms with Crippen molar-refractivity contribution in [1.82, 2.24) is 4.90 Å². The summed E-state index contributed by atoms with van der Waals surface area (Å²) in [4.78, 5) is 24.6. The molecule has 0 unspecified atom stereocenters. The first-order chi connectivity index (χ1) is 9.43. The van der Waals surface area contributed by atoms with Gasteiger partial charge in [-0.25, -0.2) is 9.59 Å². The molecule has 2 atom stereocenters. The molecule has 1 aromatic carbocycles. The maximum Gasteiger partial charge on any atom is 0.411 e. The maximum absolute atomic E-state index is 12.1. The third-order valence-corrected chi connectivity index (χ3v) is 3.77. The number of ether oxygens (including phenoxy) is 1. The third-order valence-electron chi connectivity index (χ3n) is 3.48. The van der Waals surface area contributed by atoms with Gasteiger partial charge < -0.3 is 9.84 Å². The van der Waals surface area contributed by atoms with E-state index in [0.717, 1.165) is 5.56 Å². The van der Waals surface area contributed by atoms with E-state index in [1.807, 2.05) is 30.3 Å². The van der Waals surface area contributed by atoms with Crippen LogP contribution in [0.15, 0.2) is 30.3 Å². The number of hydrogen-bond acceptors (Lipinski definition) is 3. The van der Waals surface area contributed by atoms with Crippen molar-refractivity contribution in [3.05, 3.63) is 35.9 Å². The molecular weight excluding hydrogens is 282 g/mol. The van der Waals surface area contributed by atoms with E-state index in [1.165, 1.54) is 11.8 Å². The minimum absolute atomic E-state index is 0.110. The van der Waals surface area contributed by atoms with Crippen molar-refractivity contribution in [2.24, 2.45) is 0 Å². The number of carboxylic acids is 1. The highest BCUT2D eigenvalue weighted by molar-refractivity contribution is 6.21. The molecule has 0 saturated carbocycles. The van der Waals surface area contributed by atoms with Crippen LogP contribution in [0.1, 0.15) is 18.9 Å². The van der Waals surface area contributed by atoms with Crippen LogP contribution in [0.5, 0.6) is 0 Å². The van der Waals surface area contributed by atoms with Crippen LogP contribution in [0, 0.1) is 0 Å². The molecule has 108 valence electrons. The van der Waals surface area contributed by atoms with E-state index in [1.54, 1.807) is 0 Å². The molecule has 1 aromatic rings. The largest absolute Gasteiger partial charge is 0.480 e. The molecule has 0 aliphatic carbocycles. The smallest absolute Gasteiger partial charge is 0.411 e. The molecule has 0 bridgehead atoms. The molecule has 0 aromatic heterocycles. The van der Waals surface area contributed by atoms with Gasteiger partial charge in [0, 0.05) is 6.54 Å². The summed E-state index contributed by atoms with van der Waals surface area (Å²) in [7, 11) is 0. The second-order valence-corrected chi connectivity index (χ2v) is 5.65. The standard InChI is InChI=1S/C14H16ClNO4/c1-14(12(17)18)7-11(15)8-16(14)13(19)20-9-10-5-3-2-4-6-10/h2-6,11H,7-9H2,1H3,(H,17,18)/t11-,14-/m1/s1. The molecule has 1 heterocycles. The van der Waals surface area contributed by atoms with Crippen molar-refractivity contribution in [3.63, 3.8) is 0 Å². The van der Waals surface area contributed by atoms with Gasteiger partial charge >= 0.3 is 12.1 Å². The van der Waals surface area contributed by atoms with E-state index < -0.39 is 17.6 Å². The van der Waals surface area contributed by atoms with Crippen molar-refractivity contribution in [3.8, 4) is 0 Å². The van der Waals surface area contributed by atoms with Gasteiger partial charge in [0.2, 0.25) is 0 Å². The molecule has 1 aliphatic rings. The average molecular weight is 298 g/mol. The third kappa shape index (κ3) is 2.88. The zero-order valence-electron chi connectivity index (χ0n) is 11.1. The molecule has 1 aliphatic heterocycles. The van der Waals surface area contributed by atoms with Gasteiger partial charge in [-0.2, -0.15) is 0 Å². The lowest BCUT2D eigenvalue weighted by Gasteiger charge is -2.29. The number of benzene rings is 1. The van der Waals surface area contributed by atoms with E-state index in [4.69, 9.17) is 16.3 Å². The highest BCUT2D eigenvalue weighted by Gasteiger charge is 2.50. The van der Waals surface area contributed by atoms with Crippen LogP contribution in [0.4, 0.5) is 4.79 Å². The Labute approximate surface area is 122 Å². The van der Waals surface area contributed by atoms with Crippen LogP contribution >= 0.6 is 11.6 Å². The summed E-state index contributed by atoms with van der Waals surface area (Å²) < 4.78 is 5.17. The molecule has 20 heavy (non-hydrogen) atoms. The van der Waals surface area contributed by atoms with E-state index in [-0.39, 0.29) is 24.9 Å². The van der Waals surface area contributed by atoms with Gasteiger partial charge in [-0.3, -0.25) is 4.90 Å². The Hall–Kier alpha value is -1.75. The fraction of sp³-hybridized carbons (Fsp3) is 0.429. The number of likely N-dealkylation sites (tertiary alicyclic amines) is 1. The van der Waals surface area contributed by atoms with Gasteiger partial charge in [-0.15, -0.1) is 11.6 Å². The van der Waals surface area contributed by atoms with Crippen molar-refractivity contribution in [2.45, 2.75) is 30.9 Å². The first kappa shape index (κ1) is 14.7. The highest BCUT2D eigenvalue weighted by Crippen LogP contribution is 2.33. The summed E-state index contributed by atoms with van der Waals surface area (Å²) >= 11 is 5.98. The average Bonchev–Trinajstić information content (AvgIpc) is 2.74. The number of alkyl halides is 1. The molecule has 5 nitrogen and oxygen atoms in total. The summed E-state index contributed by atoms with van der Waals surface area (Å²) in [5, 5.41) is 8.91. The molecule has 1 amide bonds. The van der Waals surface area contributed by atoms with Gasteiger partial charge in [0.15, 0.2) is 0 Å². The molecule has 1 N–H and O–H groups in total. The lowest BCUT2D eigenvalue weighted by molar-refractivity contribution is -0.147. The highest BCUT2D eigenvalue weighted by atomic mass is 35.5. The minimum atomic E-state index is -1.31. The van der Waals surface area contributed by atoms with Crippen molar-refractivity contribution in [2.75, 3.05) is 6.54 Å². The number of carboxylic acid groups (broad SMARTS) is 1. The summed E-state index contributed by atoms with van der Waals surface area (Å²) in [6.07, 6.45) is -0.438. The lowest BCUT2D eigenvalue weighted by atomic mass is 10.00. The fourth-order valence-corrected chi connectivity index (χ4v) is 2.72. The minimum Gasteiger partial charge on any atom is -0.480 e. The van der Waals surface area contributed by atoms with Crippen LogP contribution in [-0.2, 0) is 16.1 Å². The van der Waals surface area contributed by atoms with Gasteiger partial charge in [0.25, 0.3) is 0 Å². The fourth-order valence-electron chi connectivity index (χ4n) is 2.28. The monoisotopic (exact) mass is 297 g/mol.